The molecule has 2 unspecified atom stereocenters. The first-order valence-electron chi connectivity index (χ1n) is 7.25. The summed E-state index contributed by atoms with van der Waals surface area (Å²) in [5.41, 5.74) is 1.23. The van der Waals surface area contributed by atoms with Crippen LogP contribution in [0.4, 0.5) is 0 Å². The normalized spacial score (nSPS) is 25.0. The molecular weight excluding hydrogens is 238 g/mol. The van der Waals surface area contributed by atoms with Crippen LogP contribution in [-0.2, 0) is 4.74 Å². The zero-order chi connectivity index (χ0) is 13.7. The molecule has 1 aliphatic rings. The summed E-state index contributed by atoms with van der Waals surface area (Å²) in [5, 5.41) is 3.71. The van der Waals surface area contributed by atoms with Crippen LogP contribution < -0.4 is 10.1 Å². The van der Waals surface area contributed by atoms with Crippen LogP contribution in [-0.4, -0.2) is 25.9 Å². The first kappa shape index (κ1) is 14.4. The molecule has 0 bridgehead atoms. The fourth-order valence-corrected chi connectivity index (χ4v) is 2.78. The molecule has 3 heteroatoms. The third kappa shape index (κ3) is 3.71. The predicted octanol–water partition coefficient (Wildman–Crippen LogP) is 3.30. The van der Waals surface area contributed by atoms with E-state index in [9.17, 15) is 0 Å². The molecule has 0 aliphatic carbocycles. The second-order valence-electron chi connectivity index (χ2n) is 5.25. The highest BCUT2D eigenvalue weighted by molar-refractivity contribution is 5.35. The summed E-state index contributed by atoms with van der Waals surface area (Å²) >= 11 is 0. The van der Waals surface area contributed by atoms with Crippen LogP contribution >= 0.6 is 0 Å². The van der Waals surface area contributed by atoms with Crippen molar-refractivity contribution in [3.05, 3.63) is 29.8 Å². The van der Waals surface area contributed by atoms with Crippen LogP contribution in [0, 0.1) is 0 Å². The van der Waals surface area contributed by atoms with E-state index in [0.29, 0.717) is 18.2 Å². The third-order valence-corrected chi connectivity index (χ3v) is 3.91. The van der Waals surface area contributed by atoms with Crippen molar-refractivity contribution in [2.75, 3.05) is 13.7 Å². The molecule has 1 aromatic rings. The number of ether oxygens (including phenoxy) is 2. The van der Waals surface area contributed by atoms with Gasteiger partial charge in [0.05, 0.1) is 13.2 Å². The van der Waals surface area contributed by atoms with Crippen molar-refractivity contribution in [3.8, 4) is 5.75 Å². The molecule has 1 N–H and O–H groups in total. The maximum absolute atomic E-state index is 5.72. The minimum absolute atomic E-state index is 0.303. The fourth-order valence-electron chi connectivity index (χ4n) is 2.78. The lowest BCUT2D eigenvalue weighted by molar-refractivity contribution is -0.00168. The van der Waals surface area contributed by atoms with E-state index in [1.165, 1.54) is 5.56 Å². The average molecular weight is 263 g/mol. The molecule has 0 radical (unpaired) electrons. The lowest BCUT2D eigenvalue weighted by Crippen LogP contribution is -2.40. The minimum atomic E-state index is 0.303. The smallest absolute Gasteiger partial charge is 0.123 e. The van der Waals surface area contributed by atoms with Crippen LogP contribution in [0.15, 0.2) is 24.3 Å². The van der Waals surface area contributed by atoms with Crippen molar-refractivity contribution in [2.24, 2.45) is 0 Å². The summed E-state index contributed by atoms with van der Waals surface area (Å²) in [7, 11) is 1.73. The summed E-state index contributed by atoms with van der Waals surface area (Å²) in [6.45, 7) is 5.26. The van der Waals surface area contributed by atoms with Gasteiger partial charge in [0.15, 0.2) is 0 Å². The highest BCUT2D eigenvalue weighted by Crippen LogP contribution is 2.26. The molecule has 1 fully saturated rings. The molecule has 3 nitrogen and oxygen atoms in total. The van der Waals surface area contributed by atoms with Gasteiger partial charge in [0.2, 0.25) is 0 Å². The lowest BCUT2D eigenvalue weighted by Gasteiger charge is -2.32. The van der Waals surface area contributed by atoms with E-state index in [2.05, 4.69) is 31.3 Å². The Labute approximate surface area is 116 Å². The maximum atomic E-state index is 5.72. The zero-order valence-corrected chi connectivity index (χ0v) is 12.2. The van der Waals surface area contributed by atoms with Crippen molar-refractivity contribution >= 4 is 0 Å². The second-order valence-corrected chi connectivity index (χ2v) is 5.25. The zero-order valence-electron chi connectivity index (χ0n) is 12.2. The van der Waals surface area contributed by atoms with E-state index in [4.69, 9.17) is 9.47 Å². The molecule has 3 atom stereocenters. The second kappa shape index (κ2) is 6.92. The molecular formula is C16H25NO2. The van der Waals surface area contributed by atoms with Crippen molar-refractivity contribution < 1.29 is 9.47 Å². The topological polar surface area (TPSA) is 30.5 Å². The van der Waals surface area contributed by atoms with Crippen LogP contribution in [0.2, 0.25) is 0 Å². The number of rotatable bonds is 5. The standard InChI is InChI=1S/C16H25NO2/c1-4-14-11-13(9-10-19-14)17-12(2)15-7-5-6-8-16(15)18-3/h5-8,12-14,17H,4,9-11H2,1-3H3/t12-,13?,14?/m1/s1. The Morgan fingerprint density at radius 1 is 1.42 bits per heavy atom. The number of hydrogen-bond donors (Lipinski definition) is 1. The summed E-state index contributed by atoms with van der Waals surface area (Å²) in [6.07, 6.45) is 3.71. The van der Waals surface area contributed by atoms with Gasteiger partial charge >= 0.3 is 0 Å². The maximum Gasteiger partial charge on any atom is 0.123 e. The van der Waals surface area contributed by atoms with Gasteiger partial charge in [-0.1, -0.05) is 25.1 Å². The van der Waals surface area contributed by atoms with Crippen LogP contribution in [0.25, 0.3) is 0 Å². The van der Waals surface area contributed by atoms with Crippen LogP contribution in [0.3, 0.4) is 0 Å². The van der Waals surface area contributed by atoms with Gasteiger partial charge in [-0.3, -0.25) is 0 Å². The first-order chi connectivity index (χ1) is 9.24. The SMILES string of the molecule is CCC1CC(N[C@H](C)c2ccccc2OC)CCO1. The summed E-state index contributed by atoms with van der Waals surface area (Å²) < 4.78 is 11.2. The minimum Gasteiger partial charge on any atom is -0.496 e. The molecule has 1 heterocycles. The van der Waals surface area contributed by atoms with Gasteiger partial charge in [0.25, 0.3) is 0 Å². The Bertz CT molecular complexity index is 394. The van der Waals surface area contributed by atoms with Crippen molar-refractivity contribution in [2.45, 2.75) is 51.3 Å². The molecule has 1 aromatic carbocycles. The highest BCUT2D eigenvalue weighted by atomic mass is 16.5. The van der Waals surface area contributed by atoms with Crippen molar-refractivity contribution in [1.82, 2.24) is 5.32 Å². The van der Waals surface area contributed by atoms with Crippen LogP contribution in [0.1, 0.15) is 44.7 Å². The molecule has 0 spiro atoms. The number of para-hydroxylation sites is 1. The van der Waals surface area contributed by atoms with Crippen LogP contribution in [0.5, 0.6) is 5.75 Å². The van der Waals surface area contributed by atoms with E-state index in [1.54, 1.807) is 7.11 Å². The van der Waals surface area contributed by atoms with E-state index in [0.717, 1.165) is 31.6 Å². The fraction of sp³-hybridized carbons (Fsp3) is 0.625. The van der Waals surface area contributed by atoms with E-state index in [-0.39, 0.29) is 0 Å². The number of hydrogen-bond acceptors (Lipinski definition) is 3. The third-order valence-electron chi connectivity index (χ3n) is 3.91. The number of nitrogens with one attached hydrogen (secondary N) is 1. The van der Waals surface area contributed by atoms with Gasteiger partial charge in [-0.15, -0.1) is 0 Å². The van der Waals surface area contributed by atoms with Gasteiger partial charge in [0.1, 0.15) is 5.75 Å². The van der Waals surface area contributed by atoms with Gasteiger partial charge < -0.3 is 14.8 Å². The predicted molar refractivity (Wildman–Crippen MR) is 77.6 cm³/mol. The molecule has 0 aromatic heterocycles. The lowest BCUT2D eigenvalue weighted by atomic mass is 9.99. The Hall–Kier alpha value is -1.06. The van der Waals surface area contributed by atoms with E-state index >= 15 is 0 Å². The molecule has 19 heavy (non-hydrogen) atoms. The Balaban J connectivity index is 1.98. The summed E-state index contributed by atoms with van der Waals surface area (Å²) in [6, 6.07) is 9.07. The average Bonchev–Trinajstić information content (AvgIpc) is 2.47. The Kier molecular flexibility index (Phi) is 5.23. The molecule has 1 aliphatic heterocycles. The molecule has 0 amide bonds. The van der Waals surface area contributed by atoms with E-state index < -0.39 is 0 Å². The first-order valence-corrected chi connectivity index (χ1v) is 7.25. The highest BCUT2D eigenvalue weighted by Gasteiger charge is 2.23. The molecule has 1 saturated heterocycles. The monoisotopic (exact) mass is 263 g/mol. The Morgan fingerprint density at radius 3 is 2.95 bits per heavy atom. The summed E-state index contributed by atoms with van der Waals surface area (Å²) in [4.78, 5) is 0. The molecule has 2 rings (SSSR count). The van der Waals surface area contributed by atoms with Gasteiger partial charge in [-0.05, 0) is 32.3 Å². The van der Waals surface area contributed by atoms with Crippen molar-refractivity contribution in [3.63, 3.8) is 0 Å². The Morgan fingerprint density at radius 2 is 2.21 bits per heavy atom. The van der Waals surface area contributed by atoms with E-state index in [1.807, 2.05) is 12.1 Å². The number of methoxy groups -OCH3 is 1. The quantitative estimate of drug-likeness (QED) is 0.884. The van der Waals surface area contributed by atoms with Gasteiger partial charge in [-0.2, -0.15) is 0 Å². The molecule has 0 saturated carbocycles. The number of benzene rings is 1. The van der Waals surface area contributed by atoms with Crippen molar-refractivity contribution in [1.29, 1.82) is 0 Å². The summed E-state index contributed by atoms with van der Waals surface area (Å²) in [5.74, 6) is 0.960. The largest absolute Gasteiger partial charge is 0.496 e. The molecule has 106 valence electrons. The van der Waals surface area contributed by atoms with Gasteiger partial charge in [0, 0.05) is 24.3 Å². The van der Waals surface area contributed by atoms with Gasteiger partial charge in [-0.25, -0.2) is 0 Å².